The molecule has 106 valence electrons. The van der Waals surface area contributed by atoms with Gasteiger partial charge in [0.05, 0.1) is 18.5 Å². The first kappa shape index (κ1) is 14.2. The van der Waals surface area contributed by atoms with Gasteiger partial charge in [-0.15, -0.1) is 0 Å². The highest BCUT2D eigenvalue weighted by Gasteiger charge is 2.34. The number of hydrogen-bond acceptors (Lipinski definition) is 5. The van der Waals surface area contributed by atoms with E-state index in [-0.39, 0.29) is 23.9 Å². The number of piperazine rings is 1. The summed E-state index contributed by atoms with van der Waals surface area (Å²) >= 11 is 0. The molecule has 0 aromatic heterocycles. The number of morpholine rings is 1. The van der Waals surface area contributed by atoms with Gasteiger partial charge in [-0.05, 0) is 13.8 Å². The van der Waals surface area contributed by atoms with Crippen molar-refractivity contribution in [3.05, 3.63) is 0 Å². The molecule has 2 rings (SSSR count). The van der Waals surface area contributed by atoms with E-state index in [0.29, 0.717) is 26.2 Å². The Morgan fingerprint density at radius 1 is 1.33 bits per heavy atom. The molecule has 3 unspecified atom stereocenters. The summed E-state index contributed by atoms with van der Waals surface area (Å²) in [6.07, 6.45) is -0.221. The normalized spacial score (nSPS) is 35.6. The molecule has 2 heterocycles. The maximum Gasteiger partial charge on any atom is 0.217 e. The summed E-state index contributed by atoms with van der Waals surface area (Å²) in [7, 11) is -3.24. The molecule has 0 aromatic rings. The monoisotopic (exact) mass is 277 g/mol. The molecular weight excluding hydrogens is 254 g/mol. The minimum absolute atomic E-state index is 0.0164. The van der Waals surface area contributed by atoms with Crippen molar-refractivity contribution in [2.75, 3.05) is 38.5 Å². The van der Waals surface area contributed by atoms with Crippen LogP contribution in [0.5, 0.6) is 0 Å². The van der Waals surface area contributed by atoms with Gasteiger partial charge in [0.15, 0.2) is 0 Å². The summed E-state index contributed by atoms with van der Waals surface area (Å²) in [6, 6.07) is 0.226. The Kier molecular flexibility index (Phi) is 4.60. The Labute approximate surface area is 109 Å². The van der Waals surface area contributed by atoms with Gasteiger partial charge in [-0.2, -0.15) is 4.31 Å². The molecule has 0 amide bonds. The number of nitrogens with zero attached hydrogens (tertiary/aromatic N) is 1. The zero-order chi connectivity index (χ0) is 13.2. The predicted molar refractivity (Wildman–Crippen MR) is 70.0 cm³/mol. The first-order chi connectivity index (χ1) is 8.49. The summed E-state index contributed by atoms with van der Waals surface area (Å²) in [4.78, 5) is 0. The van der Waals surface area contributed by atoms with Gasteiger partial charge in [0.1, 0.15) is 0 Å². The lowest BCUT2D eigenvalue weighted by atomic mass is 10.2. The summed E-state index contributed by atoms with van der Waals surface area (Å²) in [5, 5.41) is 6.45. The number of nitrogens with one attached hydrogen (secondary N) is 2. The molecule has 2 N–H and O–H groups in total. The van der Waals surface area contributed by atoms with Crippen LogP contribution in [0.4, 0.5) is 0 Å². The zero-order valence-corrected chi connectivity index (χ0v) is 11.9. The molecule has 2 aliphatic heterocycles. The summed E-state index contributed by atoms with van der Waals surface area (Å²) in [5.74, 6) is 0.0804. The molecule has 2 aliphatic rings. The van der Waals surface area contributed by atoms with Crippen molar-refractivity contribution < 1.29 is 13.2 Å². The Bertz CT molecular complexity index is 368. The molecule has 2 fully saturated rings. The maximum absolute atomic E-state index is 12.4. The van der Waals surface area contributed by atoms with Crippen molar-refractivity contribution in [2.45, 2.75) is 32.0 Å². The van der Waals surface area contributed by atoms with Crippen LogP contribution in [0.25, 0.3) is 0 Å². The van der Waals surface area contributed by atoms with Crippen LogP contribution in [0.3, 0.4) is 0 Å². The third-order valence-electron chi connectivity index (χ3n) is 3.47. The molecule has 0 radical (unpaired) electrons. The maximum atomic E-state index is 12.4. The minimum Gasteiger partial charge on any atom is -0.374 e. The fourth-order valence-electron chi connectivity index (χ4n) is 2.43. The van der Waals surface area contributed by atoms with E-state index in [1.54, 1.807) is 4.31 Å². The molecular formula is C11H23N3O3S. The van der Waals surface area contributed by atoms with Crippen molar-refractivity contribution in [1.82, 2.24) is 14.9 Å². The second-order valence-corrected chi connectivity index (χ2v) is 7.17. The number of sulfonamides is 1. The molecule has 0 aromatic carbocycles. The van der Waals surface area contributed by atoms with Gasteiger partial charge >= 0.3 is 0 Å². The molecule has 2 saturated heterocycles. The van der Waals surface area contributed by atoms with Crippen molar-refractivity contribution in [3.8, 4) is 0 Å². The standard InChI is InChI=1S/C11H23N3O3S/c1-9-7-14(10(2)5-13-9)18(15,16)8-11-6-12-3-4-17-11/h9-13H,3-8H2,1-2H3. The largest absolute Gasteiger partial charge is 0.374 e. The molecule has 0 aliphatic carbocycles. The van der Waals surface area contributed by atoms with Gasteiger partial charge in [-0.1, -0.05) is 0 Å². The molecule has 0 bridgehead atoms. The fraction of sp³-hybridized carbons (Fsp3) is 1.00. The SMILES string of the molecule is CC1CN(S(=O)(=O)CC2CNCCO2)C(C)CN1. The van der Waals surface area contributed by atoms with Gasteiger partial charge < -0.3 is 15.4 Å². The first-order valence-electron chi connectivity index (χ1n) is 6.54. The van der Waals surface area contributed by atoms with Crippen LogP contribution in [-0.2, 0) is 14.8 Å². The second-order valence-electron chi connectivity index (χ2n) is 5.20. The number of rotatable bonds is 3. The zero-order valence-electron chi connectivity index (χ0n) is 11.1. The van der Waals surface area contributed by atoms with Crippen LogP contribution in [0, 0.1) is 0 Å². The lowest BCUT2D eigenvalue weighted by Crippen LogP contribution is -2.57. The highest BCUT2D eigenvalue weighted by molar-refractivity contribution is 7.89. The van der Waals surface area contributed by atoms with E-state index in [0.717, 1.165) is 6.54 Å². The summed E-state index contributed by atoms with van der Waals surface area (Å²) < 4.78 is 31.9. The lowest BCUT2D eigenvalue weighted by Gasteiger charge is -2.37. The van der Waals surface area contributed by atoms with E-state index >= 15 is 0 Å². The minimum atomic E-state index is -3.24. The van der Waals surface area contributed by atoms with Crippen LogP contribution < -0.4 is 10.6 Å². The number of hydrogen-bond donors (Lipinski definition) is 2. The Hall–Kier alpha value is -0.210. The van der Waals surface area contributed by atoms with Crippen LogP contribution >= 0.6 is 0 Å². The molecule has 0 saturated carbocycles. The van der Waals surface area contributed by atoms with E-state index in [9.17, 15) is 8.42 Å². The van der Waals surface area contributed by atoms with E-state index in [4.69, 9.17) is 4.74 Å². The van der Waals surface area contributed by atoms with Gasteiger partial charge in [-0.25, -0.2) is 8.42 Å². The molecule has 6 nitrogen and oxygen atoms in total. The molecule has 7 heteroatoms. The van der Waals surface area contributed by atoms with Crippen LogP contribution in [0.15, 0.2) is 0 Å². The van der Waals surface area contributed by atoms with Crippen molar-refractivity contribution in [3.63, 3.8) is 0 Å². The third-order valence-corrected chi connectivity index (χ3v) is 5.48. The van der Waals surface area contributed by atoms with Gasteiger partial charge in [0.25, 0.3) is 0 Å². The van der Waals surface area contributed by atoms with E-state index < -0.39 is 10.0 Å². The summed E-state index contributed by atoms with van der Waals surface area (Å²) in [5.41, 5.74) is 0. The van der Waals surface area contributed by atoms with Crippen LogP contribution in [0.1, 0.15) is 13.8 Å². The molecule has 3 atom stereocenters. The molecule has 0 spiro atoms. The predicted octanol–water partition coefficient (Wildman–Crippen LogP) is -1.01. The van der Waals surface area contributed by atoms with Gasteiger partial charge in [0, 0.05) is 38.3 Å². The first-order valence-corrected chi connectivity index (χ1v) is 8.15. The van der Waals surface area contributed by atoms with Crippen molar-refractivity contribution in [1.29, 1.82) is 0 Å². The van der Waals surface area contributed by atoms with E-state index in [1.807, 2.05) is 13.8 Å². The number of ether oxygens (including phenoxy) is 1. The van der Waals surface area contributed by atoms with Gasteiger partial charge in [0.2, 0.25) is 10.0 Å². The Balaban J connectivity index is 2.00. The fourth-order valence-corrected chi connectivity index (χ4v) is 4.38. The Morgan fingerprint density at radius 3 is 2.78 bits per heavy atom. The average molecular weight is 277 g/mol. The van der Waals surface area contributed by atoms with Crippen molar-refractivity contribution in [2.24, 2.45) is 0 Å². The lowest BCUT2D eigenvalue weighted by molar-refractivity contribution is 0.0420. The highest BCUT2D eigenvalue weighted by atomic mass is 32.2. The van der Waals surface area contributed by atoms with Crippen LogP contribution in [-0.4, -0.2) is 69.4 Å². The highest BCUT2D eigenvalue weighted by Crippen LogP contribution is 2.15. The summed E-state index contributed by atoms with van der Waals surface area (Å²) in [6.45, 7) is 7.22. The van der Waals surface area contributed by atoms with Gasteiger partial charge in [-0.3, -0.25) is 0 Å². The quantitative estimate of drug-likeness (QED) is 0.691. The Morgan fingerprint density at radius 2 is 2.11 bits per heavy atom. The molecule has 18 heavy (non-hydrogen) atoms. The van der Waals surface area contributed by atoms with Crippen LogP contribution in [0.2, 0.25) is 0 Å². The third kappa shape index (κ3) is 3.42. The average Bonchev–Trinajstić information content (AvgIpc) is 2.33. The topological polar surface area (TPSA) is 70.7 Å². The van der Waals surface area contributed by atoms with Crippen molar-refractivity contribution >= 4 is 10.0 Å². The van der Waals surface area contributed by atoms with E-state index in [1.165, 1.54) is 0 Å². The second kappa shape index (κ2) is 5.83. The van der Waals surface area contributed by atoms with E-state index in [2.05, 4.69) is 10.6 Å². The smallest absolute Gasteiger partial charge is 0.217 e.